The Labute approximate surface area is 154 Å². The number of aryl methyl sites for hydroxylation is 2. The first kappa shape index (κ1) is 19.6. The molecular weight excluding hydrogens is 331 g/mol. The first-order chi connectivity index (χ1) is 12.0. The molecule has 1 aromatic heterocycles. The van der Waals surface area contributed by atoms with Crippen molar-refractivity contribution < 1.29 is 4.39 Å². The molecule has 1 heterocycles. The van der Waals surface area contributed by atoms with Crippen LogP contribution in [0.4, 0.5) is 4.39 Å². The van der Waals surface area contributed by atoms with E-state index in [1.165, 1.54) is 0 Å². The lowest BCUT2D eigenvalue weighted by atomic mass is 9.88. The van der Waals surface area contributed by atoms with Gasteiger partial charge in [0.15, 0.2) is 0 Å². The van der Waals surface area contributed by atoms with E-state index in [0.29, 0.717) is 31.2 Å². The van der Waals surface area contributed by atoms with Gasteiger partial charge in [-0.1, -0.05) is 33.1 Å². The summed E-state index contributed by atoms with van der Waals surface area (Å²) in [6.07, 6.45) is 7.34. The zero-order valence-electron chi connectivity index (χ0n) is 15.4. The lowest BCUT2D eigenvalue weighted by molar-refractivity contribution is 0.127. The maximum absolute atomic E-state index is 15.1. The fourth-order valence-corrected chi connectivity index (χ4v) is 3.80. The van der Waals surface area contributed by atoms with Crippen LogP contribution in [0.5, 0.6) is 0 Å². The monoisotopic (exact) mass is 358 g/mol. The fourth-order valence-electron chi connectivity index (χ4n) is 3.05. The van der Waals surface area contributed by atoms with Crippen LogP contribution in [0.1, 0.15) is 68.4 Å². The molecule has 2 nitrogen and oxygen atoms in total. The van der Waals surface area contributed by atoms with Crippen molar-refractivity contribution in [3.8, 4) is 16.6 Å². The predicted octanol–water partition coefficient (Wildman–Crippen LogP) is 6.62. The number of unbranched alkanes of at least 4 members (excludes halogenated alkanes) is 2. The predicted molar refractivity (Wildman–Crippen MR) is 104 cm³/mol. The Hall–Kier alpha value is -1.73. The highest BCUT2D eigenvalue weighted by atomic mass is 32.1. The lowest BCUT2D eigenvalue weighted by Gasteiger charge is -2.24. The highest BCUT2D eigenvalue weighted by molar-refractivity contribution is 7.14. The van der Waals surface area contributed by atoms with Gasteiger partial charge in [-0.15, -0.1) is 11.3 Å². The van der Waals surface area contributed by atoms with E-state index in [-0.39, 0.29) is 0 Å². The summed E-state index contributed by atoms with van der Waals surface area (Å²) in [5, 5.41) is 10.2. The maximum Gasteiger partial charge on any atom is 0.123 e. The molecule has 1 atom stereocenters. The largest absolute Gasteiger partial charge is 0.244 e. The molecule has 0 bridgehead atoms. The molecule has 0 saturated carbocycles. The van der Waals surface area contributed by atoms with Gasteiger partial charge in [0.1, 0.15) is 10.7 Å². The Morgan fingerprint density at radius 2 is 2.00 bits per heavy atom. The van der Waals surface area contributed by atoms with Crippen molar-refractivity contribution in [2.75, 3.05) is 0 Å². The summed E-state index contributed by atoms with van der Waals surface area (Å²) in [7, 11) is 0. The highest BCUT2D eigenvalue weighted by Gasteiger charge is 2.26. The van der Waals surface area contributed by atoms with Gasteiger partial charge in [0, 0.05) is 16.6 Å². The summed E-state index contributed by atoms with van der Waals surface area (Å²) in [4.78, 5) is 5.55. The maximum atomic E-state index is 15.1. The van der Waals surface area contributed by atoms with Gasteiger partial charge in [-0.05, 0) is 56.4 Å². The second kappa shape index (κ2) is 9.10. The Morgan fingerprint density at radius 3 is 2.60 bits per heavy atom. The number of thiazole rings is 1. The quantitative estimate of drug-likeness (QED) is 0.472. The van der Waals surface area contributed by atoms with Gasteiger partial charge < -0.3 is 0 Å². The molecule has 0 fully saturated rings. The van der Waals surface area contributed by atoms with Crippen LogP contribution in [0.25, 0.3) is 10.6 Å². The van der Waals surface area contributed by atoms with Gasteiger partial charge >= 0.3 is 0 Å². The molecule has 25 heavy (non-hydrogen) atoms. The Balaban J connectivity index is 2.14. The van der Waals surface area contributed by atoms with Crippen LogP contribution >= 0.6 is 11.3 Å². The van der Waals surface area contributed by atoms with Crippen LogP contribution in [0.3, 0.4) is 0 Å². The number of nitriles is 1. The van der Waals surface area contributed by atoms with E-state index >= 15 is 4.39 Å². The van der Waals surface area contributed by atoms with Crippen LogP contribution in [0, 0.1) is 18.3 Å². The third-order valence-corrected chi connectivity index (χ3v) is 5.68. The molecule has 2 rings (SSSR count). The third-order valence-electron chi connectivity index (χ3n) is 4.71. The average Bonchev–Trinajstić information content (AvgIpc) is 3.06. The number of rotatable bonds is 9. The van der Waals surface area contributed by atoms with Crippen LogP contribution in [-0.2, 0) is 6.42 Å². The molecule has 0 aliphatic carbocycles. The Morgan fingerprint density at radius 1 is 1.20 bits per heavy atom. The molecule has 0 N–H and O–H groups in total. The van der Waals surface area contributed by atoms with Gasteiger partial charge in [0.05, 0.1) is 11.6 Å². The van der Waals surface area contributed by atoms with Gasteiger partial charge in [-0.25, -0.2) is 9.37 Å². The van der Waals surface area contributed by atoms with E-state index < -0.39 is 5.67 Å². The molecule has 0 spiro atoms. The van der Waals surface area contributed by atoms with Crippen molar-refractivity contribution in [1.29, 1.82) is 5.26 Å². The minimum Gasteiger partial charge on any atom is -0.244 e. The number of alkyl halides is 1. The van der Waals surface area contributed by atoms with E-state index in [2.05, 4.69) is 24.0 Å². The number of hydrogen-bond donors (Lipinski definition) is 0. The summed E-state index contributed by atoms with van der Waals surface area (Å²) in [6.45, 7) is 6.09. The molecular formula is C21H27FN2S. The zero-order chi connectivity index (χ0) is 18.3. The number of benzene rings is 1. The van der Waals surface area contributed by atoms with Crippen molar-refractivity contribution in [3.05, 3.63) is 40.4 Å². The van der Waals surface area contributed by atoms with Gasteiger partial charge in [0.25, 0.3) is 0 Å². The number of aromatic nitrogens is 1. The first-order valence-electron chi connectivity index (χ1n) is 9.15. The van der Waals surface area contributed by atoms with Crippen molar-refractivity contribution in [2.45, 2.75) is 71.4 Å². The molecule has 0 amide bonds. The number of hydrogen-bond acceptors (Lipinski definition) is 3. The highest BCUT2D eigenvalue weighted by Crippen LogP contribution is 2.31. The summed E-state index contributed by atoms with van der Waals surface area (Å²) < 4.78 is 15.1. The van der Waals surface area contributed by atoms with Crippen LogP contribution in [-0.4, -0.2) is 10.7 Å². The van der Waals surface area contributed by atoms with Gasteiger partial charge in [-0.2, -0.15) is 5.26 Å². The zero-order valence-corrected chi connectivity index (χ0v) is 16.3. The van der Waals surface area contributed by atoms with Gasteiger partial charge in [-0.3, -0.25) is 0 Å². The van der Waals surface area contributed by atoms with Gasteiger partial charge in [0.2, 0.25) is 0 Å². The summed E-state index contributed by atoms with van der Waals surface area (Å²) >= 11 is 1.62. The van der Waals surface area contributed by atoms with Crippen molar-refractivity contribution >= 4 is 11.3 Å². The molecule has 0 radical (unpaired) electrons. The minimum atomic E-state index is -1.10. The van der Waals surface area contributed by atoms with Crippen molar-refractivity contribution in [2.24, 2.45) is 0 Å². The molecule has 134 valence electrons. The first-order valence-corrected chi connectivity index (χ1v) is 9.97. The molecule has 4 heteroatoms. The van der Waals surface area contributed by atoms with Crippen LogP contribution in [0.15, 0.2) is 24.4 Å². The second-order valence-electron chi connectivity index (χ2n) is 6.77. The summed E-state index contributed by atoms with van der Waals surface area (Å²) in [5.41, 5.74) is 1.50. The third kappa shape index (κ3) is 5.64. The lowest BCUT2D eigenvalue weighted by Crippen LogP contribution is -2.22. The van der Waals surface area contributed by atoms with Crippen LogP contribution < -0.4 is 0 Å². The molecule has 2 aromatic rings. The van der Waals surface area contributed by atoms with E-state index in [4.69, 9.17) is 0 Å². The summed E-state index contributed by atoms with van der Waals surface area (Å²) in [6, 6.07) is 8.02. The molecule has 0 aliphatic rings. The molecule has 1 aromatic carbocycles. The fraction of sp³-hybridized carbons (Fsp3) is 0.524. The average molecular weight is 359 g/mol. The summed E-state index contributed by atoms with van der Waals surface area (Å²) in [5.74, 6) is 0. The minimum absolute atomic E-state index is 0.512. The van der Waals surface area contributed by atoms with E-state index in [0.717, 1.165) is 40.3 Å². The topological polar surface area (TPSA) is 36.7 Å². The molecule has 1 unspecified atom stereocenters. The smallest absolute Gasteiger partial charge is 0.123 e. The van der Waals surface area contributed by atoms with E-state index in [1.54, 1.807) is 11.3 Å². The van der Waals surface area contributed by atoms with E-state index in [1.807, 2.05) is 32.2 Å². The molecule has 0 aliphatic heterocycles. The molecule has 0 saturated heterocycles. The van der Waals surface area contributed by atoms with Crippen molar-refractivity contribution in [3.63, 3.8) is 0 Å². The number of halogens is 1. The number of nitrogens with zero attached hydrogens (tertiary/aromatic N) is 2. The van der Waals surface area contributed by atoms with Crippen molar-refractivity contribution in [1.82, 2.24) is 4.98 Å². The standard InChI is InChI=1S/C21H27FN2S/c1-4-6-7-9-21(22,5-2)10-8-17-11-18(14-23)13-19(12-17)20-24-15-16(3)25-20/h11-13,15H,4-10H2,1-3H3. The van der Waals surface area contributed by atoms with E-state index in [9.17, 15) is 5.26 Å². The SMILES string of the molecule is CCCCCC(F)(CC)CCc1cc(C#N)cc(-c2ncc(C)s2)c1. The Kier molecular flexibility index (Phi) is 7.13. The second-order valence-corrected chi connectivity index (χ2v) is 8.00. The van der Waals surface area contributed by atoms with Crippen LogP contribution in [0.2, 0.25) is 0 Å². The normalized spacial score (nSPS) is 13.4. The Bertz CT molecular complexity index is 732.